The zero-order valence-electron chi connectivity index (χ0n) is 22.0. The number of benzene rings is 3. The Labute approximate surface area is 231 Å². The molecule has 4 aromatic rings. The molecule has 40 heavy (non-hydrogen) atoms. The largest absolute Gasteiger partial charge is 0.508 e. The van der Waals surface area contributed by atoms with Crippen molar-refractivity contribution in [2.75, 3.05) is 25.7 Å². The van der Waals surface area contributed by atoms with Crippen molar-refractivity contribution in [1.82, 2.24) is 15.0 Å². The highest BCUT2D eigenvalue weighted by molar-refractivity contribution is 6.07. The van der Waals surface area contributed by atoms with Crippen molar-refractivity contribution in [3.05, 3.63) is 113 Å². The molecule has 3 aromatic carbocycles. The van der Waals surface area contributed by atoms with Crippen molar-refractivity contribution in [3.63, 3.8) is 0 Å². The summed E-state index contributed by atoms with van der Waals surface area (Å²) < 4.78 is 11.1. The molecule has 0 aliphatic carbocycles. The Morgan fingerprint density at radius 1 is 1.07 bits per heavy atom. The predicted molar refractivity (Wildman–Crippen MR) is 153 cm³/mol. The van der Waals surface area contributed by atoms with E-state index < -0.39 is 0 Å². The molecule has 2 heterocycles. The molecule has 202 valence electrons. The van der Waals surface area contributed by atoms with Gasteiger partial charge in [-0.15, -0.1) is 0 Å². The van der Waals surface area contributed by atoms with Gasteiger partial charge in [-0.25, -0.2) is 4.98 Å². The second-order valence-corrected chi connectivity index (χ2v) is 9.12. The van der Waals surface area contributed by atoms with E-state index in [2.05, 4.69) is 15.1 Å². The van der Waals surface area contributed by atoms with Crippen LogP contribution >= 0.6 is 0 Å². The number of ether oxygens (including phenoxy) is 2. The number of carbonyl (C=O) groups is 1. The van der Waals surface area contributed by atoms with Gasteiger partial charge in [-0.3, -0.25) is 9.80 Å². The summed E-state index contributed by atoms with van der Waals surface area (Å²) in [6, 6.07) is 18.1. The van der Waals surface area contributed by atoms with Crippen LogP contribution in [0.5, 0.6) is 17.2 Å². The van der Waals surface area contributed by atoms with Crippen molar-refractivity contribution >= 4 is 23.8 Å². The maximum Gasteiger partial charge on any atom is 0.221 e. The Bertz CT molecular complexity index is 1620. The molecular weight excluding hydrogens is 508 g/mol. The lowest BCUT2D eigenvalue weighted by molar-refractivity contribution is 0.104. The Hall–Kier alpha value is -5.38. The van der Waals surface area contributed by atoms with E-state index in [-0.39, 0.29) is 29.3 Å². The number of nitrogens with zero attached hydrogens (tertiary/aromatic N) is 4. The van der Waals surface area contributed by atoms with E-state index in [9.17, 15) is 9.90 Å². The van der Waals surface area contributed by atoms with Crippen molar-refractivity contribution in [3.8, 4) is 17.2 Å². The minimum absolute atomic E-state index is 0.0863. The van der Waals surface area contributed by atoms with Gasteiger partial charge >= 0.3 is 0 Å². The lowest BCUT2D eigenvalue weighted by Gasteiger charge is -2.31. The minimum Gasteiger partial charge on any atom is -0.508 e. The molecule has 1 aliphatic rings. The van der Waals surface area contributed by atoms with Crippen LogP contribution in [0.1, 0.15) is 44.2 Å². The highest BCUT2D eigenvalue weighted by atomic mass is 16.5. The molecule has 0 spiro atoms. The number of aromatic hydroxyl groups is 1. The number of hydrogen-bond donors (Lipinski definition) is 3. The van der Waals surface area contributed by atoms with Gasteiger partial charge in [0.05, 0.1) is 26.0 Å². The topological polar surface area (TPSA) is 149 Å². The van der Waals surface area contributed by atoms with Crippen molar-refractivity contribution in [2.45, 2.75) is 12.5 Å². The standard InChI is InChI=1S/C30H28N6O4/c1-39-26-15-18(13-21-16-33-30(32)35-29(21)31)14-24(28(26)40-2)25(38)11-12-36-27(19-7-9-22(37)10-8-19)23-6-4-3-5-20(23)17-34-36/h3-12,14-17,27,37H,13H2,1-2H3,(H4,31,32,33,35)/b12-11+. The maximum absolute atomic E-state index is 13.6. The van der Waals surface area contributed by atoms with Gasteiger partial charge in [0, 0.05) is 36.0 Å². The highest BCUT2D eigenvalue weighted by Crippen LogP contribution is 2.36. The average molecular weight is 537 g/mol. The van der Waals surface area contributed by atoms with Crippen LogP contribution in [0.25, 0.3) is 0 Å². The summed E-state index contributed by atoms with van der Waals surface area (Å²) in [5, 5.41) is 16.1. The number of allylic oxidation sites excluding steroid dienone is 1. The summed E-state index contributed by atoms with van der Waals surface area (Å²) in [4.78, 5) is 21.6. The second kappa shape index (κ2) is 11.2. The Kier molecular flexibility index (Phi) is 7.32. The number of phenols is 1. The number of ketones is 1. The fourth-order valence-electron chi connectivity index (χ4n) is 4.66. The van der Waals surface area contributed by atoms with Crippen LogP contribution < -0.4 is 20.9 Å². The summed E-state index contributed by atoms with van der Waals surface area (Å²) in [6.07, 6.45) is 6.75. The number of methoxy groups -OCH3 is 2. The van der Waals surface area contributed by atoms with Gasteiger partial charge in [-0.1, -0.05) is 36.4 Å². The van der Waals surface area contributed by atoms with E-state index in [1.165, 1.54) is 20.3 Å². The summed E-state index contributed by atoms with van der Waals surface area (Å²) in [5.41, 5.74) is 16.3. The molecule has 10 heteroatoms. The van der Waals surface area contributed by atoms with Gasteiger partial charge in [0.1, 0.15) is 17.6 Å². The van der Waals surface area contributed by atoms with Gasteiger partial charge in [0.15, 0.2) is 17.3 Å². The van der Waals surface area contributed by atoms with Crippen LogP contribution in [-0.4, -0.2) is 46.3 Å². The van der Waals surface area contributed by atoms with E-state index in [0.29, 0.717) is 29.0 Å². The first kappa shape index (κ1) is 26.2. The number of anilines is 2. The number of nitrogen functional groups attached to an aromatic ring is 2. The third-order valence-electron chi connectivity index (χ3n) is 6.59. The van der Waals surface area contributed by atoms with Crippen LogP contribution in [0.15, 0.2) is 84.2 Å². The fraction of sp³-hybridized carbons (Fsp3) is 0.133. The van der Waals surface area contributed by atoms with Gasteiger partial charge in [-0.2, -0.15) is 10.1 Å². The van der Waals surface area contributed by atoms with Crippen LogP contribution in [0, 0.1) is 0 Å². The third-order valence-corrected chi connectivity index (χ3v) is 6.59. The van der Waals surface area contributed by atoms with E-state index in [1.807, 2.05) is 36.4 Å². The minimum atomic E-state index is -0.308. The maximum atomic E-state index is 13.6. The summed E-state index contributed by atoms with van der Waals surface area (Å²) in [6.45, 7) is 0. The number of nitrogens with two attached hydrogens (primary N) is 2. The quantitative estimate of drug-likeness (QED) is 0.224. The first-order valence-electron chi connectivity index (χ1n) is 12.4. The molecule has 0 radical (unpaired) electrons. The first-order chi connectivity index (χ1) is 19.4. The van der Waals surface area contributed by atoms with Crippen molar-refractivity contribution < 1.29 is 19.4 Å². The molecule has 10 nitrogen and oxygen atoms in total. The van der Waals surface area contributed by atoms with E-state index in [4.69, 9.17) is 20.9 Å². The van der Waals surface area contributed by atoms with Gasteiger partial charge in [0.2, 0.25) is 5.95 Å². The highest BCUT2D eigenvalue weighted by Gasteiger charge is 2.26. The smallest absolute Gasteiger partial charge is 0.221 e. The fourth-order valence-corrected chi connectivity index (χ4v) is 4.66. The van der Waals surface area contributed by atoms with Crippen molar-refractivity contribution in [2.24, 2.45) is 5.10 Å². The second-order valence-electron chi connectivity index (χ2n) is 9.12. The van der Waals surface area contributed by atoms with E-state index in [1.54, 1.807) is 47.9 Å². The number of rotatable bonds is 8. The molecule has 1 aromatic heterocycles. The molecule has 5 N–H and O–H groups in total. The average Bonchev–Trinajstić information content (AvgIpc) is 2.97. The molecule has 1 unspecified atom stereocenters. The normalized spacial score (nSPS) is 14.2. The van der Waals surface area contributed by atoms with Crippen molar-refractivity contribution in [1.29, 1.82) is 0 Å². The molecular formula is C30H28N6O4. The van der Waals surface area contributed by atoms with Gasteiger partial charge < -0.3 is 26.0 Å². The number of hydrogen-bond acceptors (Lipinski definition) is 10. The summed E-state index contributed by atoms with van der Waals surface area (Å²) in [5.74, 6) is 0.921. The zero-order chi connectivity index (χ0) is 28.2. The monoisotopic (exact) mass is 536 g/mol. The molecule has 0 saturated heterocycles. The molecule has 1 aliphatic heterocycles. The lowest BCUT2D eigenvalue weighted by atomic mass is 9.93. The van der Waals surface area contributed by atoms with E-state index in [0.717, 1.165) is 22.3 Å². The predicted octanol–water partition coefficient (Wildman–Crippen LogP) is 4.09. The Balaban J connectivity index is 1.49. The Morgan fingerprint density at radius 3 is 2.58 bits per heavy atom. The molecule has 0 fully saturated rings. The molecule has 0 bridgehead atoms. The van der Waals surface area contributed by atoms with Crippen LogP contribution in [0.4, 0.5) is 11.8 Å². The summed E-state index contributed by atoms with van der Waals surface area (Å²) in [7, 11) is 2.99. The number of aromatic nitrogens is 2. The SMILES string of the molecule is COc1cc(Cc2cnc(N)nc2N)cc(C(=O)/C=C/N2N=Cc3ccccc3C2c2ccc(O)cc2)c1OC. The Morgan fingerprint density at radius 2 is 1.85 bits per heavy atom. The van der Waals surface area contributed by atoms with Crippen LogP contribution in [0.3, 0.4) is 0 Å². The number of fused-ring (bicyclic) bond motifs is 1. The lowest BCUT2D eigenvalue weighted by Crippen LogP contribution is -2.25. The molecule has 5 rings (SSSR count). The summed E-state index contributed by atoms with van der Waals surface area (Å²) >= 11 is 0. The van der Waals surface area contributed by atoms with Crippen LogP contribution in [-0.2, 0) is 6.42 Å². The first-order valence-corrected chi connectivity index (χ1v) is 12.4. The number of hydrazone groups is 1. The number of carbonyl (C=O) groups excluding carboxylic acids is 1. The molecule has 1 atom stereocenters. The van der Waals surface area contributed by atoms with Gasteiger partial charge in [-0.05, 0) is 41.0 Å². The zero-order valence-corrected chi connectivity index (χ0v) is 22.0. The third kappa shape index (κ3) is 5.28. The van der Waals surface area contributed by atoms with E-state index >= 15 is 0 Å². The van der Waals surface area contributed by atoms with Crippen LogP contribution in [0.2, 0.25) is 0 Å². The van der Waals surface area contributed by atoms with Gasteiger partial charge in [0.25, 0.3) is 0 Å². The molecule has 0 amide bonds. The molecule has 0 saturated carbocycles. The number of phenolic OH excluding ortho intramolecular Hbond substituents is 1.